The summed E-state index contributed by atoms with van der Waals surface area (Å²) in [7, 11) is 0. The van der Waals surface area contributed by atoms with E-state index in [-0.39, 0.29) is 0 Å². The van der Waals surface area contributed by atoms with E-state index < -0.39 is 11.7 Å². The molecule has 0 radical (unpaired) electrons. The number of alkyl halides is 3. The first-order valence-electron chi connectivity index (χ1n) is 11.5. The van der Waals surface area contributed by atoms with Crippen molar-refractivity contribution in [2.45, 2.75) is 52.3 Å². The Morgan fingerprint density at radius 3 is 2.49 bits per heavy atom. The van der Waals surface area contributed by atoms with Crippen molar-refractivity contribution in [2.24, 2.45) is 0 Å². The van der Waals surface area contributed by atoms with Gasteiger partial charge in [-0.25, -0.2) is 0 Å². The molecular weight excluding hydrogens is 453 g/mol. The molecule has 0 bridgehead atoms. The number of unbranched alkanes of at least 4 members (excludes halogenated alkanes) is 1. The third-order valence-electron chi connectivity index (χ3n) is 5.92. The lowest BCUT2D eigenvalue weighted by Crippen LogP contribution is -2.05. The van der Waals surface area contributed by atoms with Crippen LogP contribution in [0.3, 0.4) is 0 Å². The van der Waals surface area contributed by atoms with E-state index in [2.05, 4.69) is 32.5 Å². The number of nitrogens with one attached hydrogen (secondary N) is 1. The minimum atomic E-state index is -4.38. The third kappa shape index (κ3) is 6.47. The smallest absolute Gasteiger partial charge is 0.416 e. The second-order valence-electron chi connectivity index (χ2n) is 8.58. The highest BCUT2D eigenvalue weighted by molar-refractivity contribution is 5.61. The zero-order chi connectivity index (χ0) is 24.8. The highest BCUT2D eigenvalue weighted by Crippen LogP contribution is 2.32. The number of H-pyrrole nitrogens is 1. The van der Waals surface area contributed by atoms with E-state index in [1.807, 2.05) is 26.0 Å². The van der Waals surface area contributed by atoms with Crippen LogP contribution in [0.2, 0.25) is 0 Å². The number of nitrogens with zero attached hydrogens (tertiary/aromatic N) is 3. The molecule has 0 amide bonds. The van der Waals surface area contributed by atoms with Crippen molar-refractivity contribution in [3.63, 3.8) is 0 Å². The minimum Gasteiger partial charge on any atom is -0.489 e. The molecule has 0 atom stereocenters. The largest absolute Gasteiger partial charge is 0.489 e. The monoisotopic (exact) mass is 480 g/mol. The summed E-state index contributed by atoms with van der Waals surface area (Å²) in [6, 6.07) is 15.0. The van der Waals surface area contributed by atoms with Crippen molar-refractivity contribution in [1.82, 2.24) is 20.4 Å². The van der Waals surface area contributed by atoms with Gasteiger partial charge in [-0.1, -0.05) is 30.3 Å². The average Bonchev–Trinajstić information content (AvgIpc) is 3.35. The van der Waals surface area contributed by atoms with Crippen molar-refractivity contribution < 1.29 is 17.9 Å². The van der Waals surface area contributed by atoms with Crippen molar-refractivity contribution in [3.8, 4) is 17.0 Å². The van der Waals surface area contributed by atoms with Gasteiger partial charge < -0.3 is 4.74 Å². The van der Waals surface area contributed by atoms with Crippen LogP contribution in [-0.2, 0) is 25.6 Å². The van der Waals surface area contributed by atoms with E-state index in [1.54, 1.807) is 18.3 Å². The fraction of sp³-hybridized carbons (Fsp3) is 0.296. The number of aromatic nitrogens is 4. The van der Waals surface area contributed by atoms with Gasteiger partial charge in [-0.15, -0.1) is 0 Å². The maximum absolute atomic E-state index is 13.0. The van der Waals surface area contributed by atoms with Crippen molar-refractivity contribution >= 4 is 0 Å². The lowest BCUT2D eigenvalue weighted by Gasteiger charge is -2.13. The van der Waals surface area contributed by atoms with E-state index in [1.165, 1.54) is 11.6 Å². The topological polar surface area (TPSA) is 63.7 Å². The predicted octanol–water partition coefficient (Wildman–Crippen LogP) is 6.65. The van der Waals surface area contributed by atoms with Gasteiger partial charge in [0, 0.05) is 16.8 Å². The van der Waals surface area contributed by atoms with Crippen LogP contribution >= 0.6 is 0 Å². The molecule has 1 N–H and O–H groups in total. The molecule has 0 saturated heterocycles. The average molecular weight is 481 g/mol. The van der Waals surface area contributed by atoms with Gasteiger partial charge in [0.2, 0.25) is 0 Å². The number of pyridine rings is 1. The summed E-state index contributed by atoms with van der Waals surface area (Å²) in [6.07, 6.45) is 1.38. The molecule has 182 valence electrons. The highest BCUT2D eigenvalue weighted by atomic mass is 19.4. The van der Waals surface area contributed by atoms with E-state index in [4.69, 9.17) is 4.74 Å². The lowest BCUT2D eigenvalue weighted by atomic mass is 10.0. The Hall–Kier alpha value is -3.68. The van der Waals surface area contributed by atoms with Gasteiger partial charge in [0.1, 0.15) is 12.4 Å². The molecule has 0 fully saturated rings. The predicted molar refractivity (Wildman–Crippen MR) is 128 cm³/mol. The van der Waals surface area contributed by atoms with E-state index in [0.717, 1.165) is 66.1 Å². The summed E-state index contributed by atoms with van der Waals surface area (Å²) in [5.41, 5.74) is 5.17. The first kappa shape index (κ1) is 24.4. The van der Waals surface area contributed by atoms with E-state index in [0.29, 0.717) is 17.9 Å². The van der Waals surface area contributed by atoms with Gasteiger partial charge in [-0.05, 0) is 74.9 Å². The number of hydrogen-bond acceptors (Lipinski definition) is 4. The molecule has 2 aromatic heterocycles. The van der Waals surface area contributed by atoms with Crippen molar-refractivity contribution in [2.75, 3.05) is 0 Å². The normalized spacial score (nSPS) is 11.6. The summed E-state index contributed by atoms with van der Waals surface area (Å²) in [6.45, 7) is 4.19. The Morgan fingerprint density at radius 2 is 1.77 bits per heavy atom. The maximum Gasteiger partial charge on any atom is 0.416 e. The summed E-state index contributed by atoms with van der Waals surface area (Å²) in [5.74, 6) is 0.803. The number of hydrogen-bond donors (Lipinski definition) is 1. The molecule has 0 unspecified atom stereocenters. The van der Waals surface area contributed by atoms with Gasteiger partial charge in [0.15, 0.2) is 0 Å². The third-order valence-corrected chi connectivity index (χ3v) is 5.92. The molecule has 8 heteroatoms. The highest BCUT2D eigenvalue weighted by Gasteiger charge is 2.30. The van der Waals surface area contributed by atoms with Gasteiger partial charge >= 0.3 is 6.18 Å². The SMILES string of the molecule is Cc1cc(CCCCc2cn[nH]n2)ccc1OCc1ccc(-c2cccc(C(F)(F)F)c2)nc1C. The van der Waals surface area contributed by atoms with Crippen LogP contribution in [-0.4, -0.2) is 20.4 Å². The molecule has 2 aromatic carbocycles. The van der Waals surface area contributed by atoms with Crippen LogP contribution in [0, 0.1) is 13.8 Å². The minimum absolute atomic E-state index is 0.333. The van der Waals surface area contributed by atoms with Crippen molar-refractivity contribution in [3.05, 3.63) is 94.4 Å². The number of rotatable bonds is 9. The molecule has 0 spiro atoms. The van der Waals surface area contributed by atoms with Crippen LogP contribution < -0.4 is 4.74 Å². The van der Waals surface area contributed by atoms with Crippen LogP contribution in [0.4, 0.5) is 13.2 Å². The summed E-state index contributed by atoms with van der Waals surface area (Å²) in [5, 5.41) is 10.5. The zero-order valence-corrected chi connectivity index (χ0v) is 19.7. The van der Waals surface area contributed by atoms with Crippen LogP contribution in [0.15, 0.2) is 60.8 Å². The first-order valence-corrected chi connectivity index (χ1v) is 11.5. The van der Waals surface area contributed by atoms with Crippen LogP contribution in [0.1, 0.15) is 46.5 Å². The van der Waals surface area contributed by atoms with Gasteiger partial charge in [-0.2, -0.15) is 28.6 Å². The number of halogens is 3. The van der Waals surface area contributed by atoms with E-state index >= 15 is 0 Å². The fourth-order valence-corrected chi connectivity index (χ4v) is 3.92. The number of ether oxygens (including phenoxy) is 1. The summed E-state index contributed by atoms with van der Waals surface area (Å²) in [4.78, 5) is 4.52. The number of benzene rings is 2. The van der Waals surface area contributed by atoms with Crippen LogP contribution in [0.5, 0.6) is 5.75 Å². The molecule has 0 aliphatic rings. The fourth-order valence-electron chi connectivity index (χ4n) is 3.92. The standard InChI is InChI=1S/C27H27F3N4O/c1-18-14-20(6-3-4-9-24-16-31-34-33-24)10-13-26(18)35-17-22-11-12-25(32-19(22)2)21-7-5-8-23(15-21)27(28,29)30/h5,7-8,10-16H,3-4,6,9,17H2,1-2H3,(H,31,33,34). The Kier molecular flexibility index (Phi) is 7.48. The van der Waals surface area contributed by atoms with Gasteiger partial charge in [0.05, 0.1) is 23.1 Å². The molecule has 2 heterocycles. The zero-order valence-electron chi connectivity index (χ0n) is 19.7. The second-order valence-corrected chi connectivity index (χ2v) is 8.58. The molecule has 0 saturated carbocycles. The molecule has 5 nitrogen and oxygen atoms in total. The first-order chi connectivity index (χ1) is 16.8. The second kappa shape index (κ2) is 10.7. The molecule has 0 aliphatic heterocycles. The number of aromatic amines is 1. The summed E-state index contributed by atoms with van der Waals surface area (Å²) >= 11 is 0. The summed E-state index contributed by atoms with van der Waals surface area (Å²) < 4.78 is 45.1. The van der Waals surface area contributed by atoms with Crippen LogP contribution in [0.25, 0.3) is 11.3 Å². The van der Waals surface area contributed by atoms with Gasteiger partial charge in [-0.3, -0.25) is 4.98 Å². The Bertz CT molecular complexity index is 1270. The Labute approximate surface area is 202 Å². The lowest BCUT2D eigenvalue weighted by molar-refractivity contribution is -0.137. The molecule has 4 aromatic rings. The quantitative estimate of drug-likeness (QED) is 0.273. The molecule has 4 rings (SSSR count). The molecule has 35 heavy (non-hydrogen) atoms. The van der Waals surface area contributed by atoms with Crippen molar-refractivity contribution in [1.29, 1.82) is 0 Å². The Balaban J connectivity index is 1.34. The van der Waals surface area contributed by atoms with Gasteiger partial charge in [0.25, 0.3) is 0 Å². The van der Waals surface area contributed by atoms with E-state index in [9.17, 15) is 13.2 Å². The molecular formula is C27H27F3N4O. The molecule has 0 aliphatic carbocycles. The Morgan fingerprint density at radius 1 is 0.943 bits per heavy atom. The maximum atomic E-state index is 13.0. The number of aryl methyl sites for hydroxylation is 4.